The maximum atomic E-state index is 11.8. The third kappa shape index (κ3) is 4.51. The summed E-state index contributed by atoms with van der Waals surface area (Å²) in [6.45, 7) is 2.35. The lowest BCUT2D eigenvalue weighted by atomic mass is 10.1. The van der Waals surface area contributed by atoms with Crippen molar-refractivity contribution in [1.29, 1.82) is 0 Å². The van der Waals surface area contributed by atoms with Gasteiger partial charge >= 0.3 is 5.97 Å². The van der Waals surface area contributed by atoms with Crippen LogP contribution in [-0.4, -0.2) is 22.8 Å². The number of fused-ring (bicyclic) bond motifs is 1. The third-order valence-corrected chi connectivity index (χ3v) is 3.72. The van der Waals surface area contributed by atoms with Crippen LogP contribution in [0.5, 0.6) is 0 Å². The Kier molecular flexibility index (Phi) is 6.41. The lowest BCUT2D eigenvalue weighted by molar-refractivity contribution is -0.686. The fourth-order valence-corrected chi connectivity index (χ4v) is 2.57. The van der Waals surface area contributed by atoms with Gasteiger partial charge in [-0.1, -0.05) is 18.2 Å². The number of carbonyl (C=O) groups excluding carboxylic acids is 1. The Morgan fingerprint density at radius 3 is 2.52 bits per heavy atom. The number of aromatic amines is 1. The molecule has 0 bridgehead atoms. The Morgan fingerprint density at radius 1 is 1.16 bits per heavy atom. The van der Waals surface area contributed by atoms with E-state index in [1.807, 2.05) is 42.7 Å². The smallest absolute Gasteiger partial charge is 0.372 e. The SMILES string of the molecule is CCOC(=O)C[n+]1ccc(Cc2n[nH]c(=O)c3ccccc23)cc1.[Br-]. The monoisotopic (exact) mass is 403 g/mol. The summed E-state index contributed by atoms with van der Waals surface area (Å²) in [5, 5.41) is 8.21. The summed E-state index contributed by atoms with van der Waals surface area (Å²) < 4.78 is 6.69. The molecule has 0 aliphatic rings. The van der Waals surface area contributed by atoms with Crippen molar-refractivity contribution in [2.24, 2.45) is 0 Å². The molecule has 0 radical (unpaired) electrons. The molecule has 0 atom stereocenters. The predicted octanol–water partition coefficient (Wildman–Crippen LogP) is -1.63. The van der Waals surface area contributed by atoms with Gasteiger partial charge < -0.3 is 21.7 Å². The summed E-state index contributed by atoms with van der Waals surface area (Å²) in [6, 6.07) is 11.3. The molecule has 1 aromatic carbocycles. The first-order chi connectivity index (χ1) is 11.7. The number of nitrogens with one attached hydrogen (secondary N) is 1. The van der Waals surface area contributed by atoms with E-state index < -0.39 is 0 Å². The highest BCUT2D eigenvalue weighted by atomic mass is 79.9. The van der Waals surface area contributed by atoms with Gasteiger partial charge in [-0.15, -0.1) is 0 Å². The van der Waals surface area contributed by atoms with Crippen LogP contribution in [0.1, 0.15) is 18.2 Å². The van der Waals surface area contributed by atoms with E-state index in [9.17, 15) is 9.59 Å². The average Bonchev–Trinajstić information content (AvgIpc) is 2.59. The number of hydrogen-bond donors (Lipinski definition) is 1. The molecule has 0 saturated carbocycles. The first-order valence-corrected chi connectivity index (χ1v) is 7.77. The predicted molar refractivity (Wildman–Crippen MR) is 88.4 cm³/mol. The van der Waals surface area contributed by atoms with Crippen LogP contribution < -0.4 is 27.1 Å². The number of halogens is 1. The molecule has 0 spiro atoms. The topological polar surface area (TPSA) is 75.9 Å². The summed E-state index contributed by atoms with van der Waals surface area (Å²) in [6.07, 6.45) is 4.26. The largest absolute Gasteiger partial charge is 1.00 e. The van der Waals surface area contributed by atoms with E-state index in [1.54, 1.807) is 17.6 Å². The molecule has 0 unspecified atom stereocenters. The van der Waals surface area contributed by atoms with Gasteiger partial charge in [-0.3, -0.25) is 4.79 Å². The lowest BCUT2D eigenvalue weighted by Crippen LogP contribution is -3.00. The van der Waals surface area contributed by atoms with Gasteiger partial charge in [-0.25, -0.2) is 9.89 Å². The van der Waals surface area contributed by atoms with Crippen LogP contribution in [0.25, 0.3) is 10.8 Å². The maximum absolute atomic E-state index is 11.8. The molecule has 0 aliphatic heterocycles. The first kappa shape index (κ1) is 18.8. The summed E-state index contributed by atoms with van der Waals surface area (Å²) in [5.41, 5.74) is 1.67. The van der Waals surface area contributed by atoms with Crippen LogP contribution in [0, 0.1) is 0 Å². The first-order valence-electron chi connectivity index (χ1n) is 7.77. The van der Waals surface area contributed by atoms with Crippen molar-refractivity contribution in [3.05, 3.63) is 70.4 Å². The van der Waals surface area contributed by atoms with Gasteiger partial charge in [0.25, 0.3) is 5.56 Å². The van der Waals surface area contributed by atoms with Crippen LogP contribution in [0.15, 0.2) is 53.6 Å². The van der Waals surface area contributed by atoms with E-state index in [-0.39, 0.29) is 35.1 Å². The number of H-pyrrole nitrogens is 1. The molecule has 0 saturated heterocycles. The minimum Gasteiger partial charge on any atom is -1.00 e. The Balaban J connectivity index is 0.00000225. The minimum absolute atomic E-state index is 0. The van der Waals surface area contributed by atoms with Gasteiger partial charge in [0.15, 0.2) is 12.4 Å². The molecule has 6 nitrogen and oxygen atoms in total. The molecule has 1 N–H and O–H groups in total. The molecular weight excluding hydrogens is 386 g/mol. The highest BCUT2D eigenvalue weighted by Gasteiger charge is 2.11. The van der Waals surface area contributed by atoms with Crippen molar-refractivity contribution < 1.29 is 31.1 Å². The van der Waals surface area contributed by atoms with Crippen molar-refractivity contribution in [2.45, 2.75) is 19.9 Å². The number of carbonyl (C=O) groups is 1. The number of ether oxygens (including phenoxy) is 1. The van der Waals surface area contributed by atoms with Crippen molar-refractivity contribution in [2.75, 3.05) is 6.61 Å². The highest BCUT2D eigenvalue weighted by molar-refractivity contribution is 5.83. The van der Waals surface area contributed by atoms with Crippen LogP contribution in [0.4, 0.5) is 0 Å². The molecule has 0 fully saturated rings. The Labute approximate surface area is 155 Å². The summed E-state index contributed by atoms with van der Waals surface area (Å²) in [5.74, 6) is -0.261. The van der Waals surface area contributed by atoms with E-state index in [2.05, 4.69) is 10.2 Å². The quantitative estimate of drug-likeness (QED) is 0.409. The molecule has 3 rings (SSSR count). The maximum Gasteiger partial charge on any atom is 0.372 e. The Morgan fingerprint density at radius 2 is 1.84 bits per heavy atom. The summed E-state index contributed by atoms with van der Waals surface area (Å²) in [7, 11) is 0. The number of rotatable bonds is 5. The number of esters is 1. The zero-order chi connectivity index (χ0) is 16.9. The van der Waals surface area contributed by atoms with Gasteiger partial charge in [0.1, 0.15) is 0 Å². The van der Waals surface area contributed by atoms with Gasteiger partial charge in [0, 0.05) is 23.9 Å². The zero-order valence-corrected chi connectivity index (χ0v) is 15.3. The average molecular weight is 404 g/mol. The number of nitrogens with zero attached hydrogens (tertiary/aromatic N) is 2. The number of benzene rings is 1. The van der Waals surface area contributed by atoms with E-state index in [0.717, 1.165) is 16.6 Å². The van der Waals surface area contributed by atoms with Crippen LogP contribution in [-0.2, 0) is 22.5 Å². The molecule has 0 amide bonds. The van der Waals surface area contributed by atoms with Gasteiger partial charge in [-0.05, 0) is 18.6 Å². The number of aromatic nitrogens is 3. The second-order valence-corrected chi connectivity index (χ2v) is 5.41. The lowest BCUT2D eigenvalue weighted by Gasteiger charge is -2.05. The van der Waals surface area contributed by atoms with E-state index in [0.29, 0.717) is 18.4 Å². The normalized spacial score (nSPS) is 10.3. The van der Waals surface area contributed by atoms with Crippen LogP contribution in [0.3, 0.4) is 0 Å². The number of pyridine rings is 1. The second-order valence-electron chi connectivity index (χ2n) is 5.41. The van der Waals surface area contributed by atoms with Crippen LogP contribution in [0.2, 0.25) is 0 Å². The summed E-state index contributed by atoms with van der Waals surface area (Å²) in [4.78, 5) is 23.3. The van der Waals surface area contributed by atoms with Crippen molar-refractivity contribution >= 4 is 16.7 Å². The second kappa shape index (κ2) is 8.53. The van der Waals surface area contributed by atoms with E-state index in [4.69, 9.17) is 4.74 Å². The molecule has 2 heterocycles. The fraction of sp³-hybridized carbons (Fsp3) is 0.222. The molecule has 3 aromatic rings. The van der Waals surface area contributed by atoms with Crippen molar-refractivity contribution in [3.8, 4) is 0 Å². The zero-order valence-electron chi connectivity index (χ0n) is 13.7. The Hall–Kier alpha value is -2.54. The van der Waals surface area contributed by atoms with Crippen LogP contribution >= 0.6 is 0 Å². The minimum atomic E-state index is -0.261. The Bertz CT molecular complexity index is 923. The molecule has 130 valence electrons. The highest BCUT2D eigenvalue weighted by Crippen LogP contribution is 2.15. The number of hydrogen-bond acceptors (Lipinski definition) is 4. The standard InChI is InChI=1S/C18H17N3O3.BrH/c1-2-24-17(22)12-21-9-7-13(8-10-21)11-16-14-5-3-4-6-15(14)18(23)20-19-16;/h3-10H,2,11-12H2,1H3;1H. The van der Waals surface area contributed by atoms with Crippen molar-refractivity contribution in [1.82, 2.24) is 10.2 Å². The molecule has 2 aromatic heterocycles. The molecular formula is C18H18BrN3O3. The van der Waals surface area contributed by atoms with E-state index >= 15 is 0 Å². The third-order valence-electron chi connectivity index (χ3n) is 3.72. The van der Waals surface area contributed by atoms with Gasteiger partial charge in [0.05, 0.1) is 17.7 Å². The summed E-state index contributed by atoms with van der Waals surface area (Å²) >= 11 is 0. The molecule has 25 heavy (non-hydrogen) atoms. The van der Waals surface area contributed by atoms with E-state index in [1.165, 1.54) is 0 Å². The van der Waals surface area contributed by atoms with Gasteiger partial charge in [-0.2, -0.15) is 9.67 Å². The molecule has 7 heteroatoms. The van der Waals surface area contributed by atoms with Gasteiger partial charge in [0.2, 0.25) is 6.54 Å². The molecule has 0 aliphatic carbocycles. The fourth-order valence-electron chi connectivity index (χ4n) is 2.57. The van der Waals surface area contributed by atoms with Crippen molar-refractivity contribution in [3.63, 3.8) is 0 Å².